The quantitative estimate of drug-likeness (QED) is 0.495. The molecule has 2 aromatic heterocycles. The predicted octanol–water partition coefficient (Wildman–Crippen LogP) is 3.82. The van der Waals surface area contributed by atoms with E-state index in [2.05, 4.69) is 31.3 Å². The van der Waals surface area contributed by atoms with Gasteiger partial charge in [-0.25, -0.2) is 14.2 Å². The number of ketones is 2. The highest BCUT2D eigenvalue weighted by Crippen LogP contribution is 2.15. The van der Waals surface area contributed by atoms with Crippen molar-refractivity contribution in [2.24, 2.45) is 0 Å². The van der Waals surface area contributed by atoms with Crippen molar-refractivity contribution >= 4 is 76.4 Å². The van der Waals surface area contributed by atoms with E-state index in [9.17, 15) is 9.59 Å². The first-order valence-corrected chi connectivity index (χ1v) is 11.4. The van der Waals surface area contributed by atoms with Gasteiger partial charge in [-0.05, 0) is 13.8 Å². The van der Waals surface area contributed by atoms with Gasteiger partial charge in [0.1, 0.15) is 21.6 Å². The minimum Gasteiger partial charge on any atom is -0.391 e. The van der Waals surface area contributed by atoms with Crippen molar-refractivity contribution in [1.29, 1.82) is 0 Å². The zero-order valence-corrected chi connectivity index (χ0v) is 18.2. The molecule has 1 N–H and O–H groups in total. The van der Waals surface area contributed by atoms with E-state index in [1.165, 1.54) is 26.2 Å². The molecule has 0 bridgehead atoms. The molecule has 0 saturated carbocycles. The van der Waals surface area contributed by atoms with Crippen LogP contribution in [0.3, 0.4) is 0 Å². The summed E-state index contributed by atoms with van der Waals surface area (Å²) in [5.41, 5.74) is 0. The van der Waals surface area contributed by atoms with Gasteiger partial charge < -0.3 is 5.11 Å². The Kier molecular flexibility index (Phi) is 10.6. The van der Waals surface area contributed by atoms with Gasteiger partial charge in [-0.1, -0.05) is 0 Å². The van der Waals surface area contributed by atoms with Gasteiger partial charge in [-0.2, -0.15) is 0 Å². The summed E-state index contributed by atoms with van der Waals surface area (Å²) in [4.78, 5) is 29.6. The smallest absolute Gasteiger partial charge is 0.211 e. The van der Waals surface area contributed by atoms with Crippen LogP contribution >= 0.6 is 55.6 Å². The summed E-state index contributed by atoms with van der Waals surface area (Å²) in [6, 6.07) is 0. The average Bonchev–Trinajstić information content (AvgIpc) is 3.14. The van der Waals surface area contributed by atoms with Crippen LogP contribution in [0.25, 0.3) is 0 Å². The number of alkyl halides is 1. The molecule has 0 spiro atoms. The fraction of sp³-hybridized carbons (Fsp3) is 0.429. The first-order valence-electron chi connectivity index (χ1n) is 8.57. The monoisotopic (exact) mass is 482 g/mol. The Morgan fingerprint density at radius 2 is 1.50 bits per heavy atom. The Bertz CT molecular complexity index is 801. The molecule has 0 aliphatic heterocycles. The van der Waals surface area contributed by atoms with Gasteiger partial charge in [0.25, 0.3) is 0 Å². The Morgan fingerprint density at radius 3 is 1.77 bits per heavy atom. The molecule has 2 heterocycles. The van der Waals surface area contributed by atoms with Gasteiger partial charge in [0.2, 0.25) is 9.23 Å². The topological polar surface area (TPSA) is 97.2 Å². The number of halogens is 3. The van der Waals surface area contributed by atoms with Crippen LogP contribution in [0.2, 0.25) is 0 Å². The van der Waals surface area contributed by atoms with Crippen molar-refractivity contribution in [2.75, 3.05) is 0 Å². The molecule has 2 rings (SSSR count). The second-order valence-electron chi connectivity index (χ2n) is 4.38. The number of hydrogen-bond donors (Lipinski definition) is 1. The van der Waals surface area contributed by atoms with Crippen LogP contribution in [0.5, 0.6) is 0 Å². The number of carbonyl (C=O) groups excluding carboxylic acids is 2. The molecule has 0 aliphatic rings. The normalized spacial score (nSPS) is 13.2. The summed E-state index contributed by atoms with van der Waals surface area (Å²) in [5, 5.41) is 10.1. The van der Waals surface area contributed by atoms with E-state index in [4.69, 9.17) is 26.4 Å². The number of thiazole rings is 2. The van der Waals surface area contributed by atoms with E-state index >= 15 is 0 Å². The molecular weight excluding hydrogens is 463 g/mol. The first kappa shape index (κ1) is 18.9. The van der Waals surface area contributed by atoms with Crippen molar-refractivity contribution < 1.29 is 24.4 Å². The third-order valence-electron chi connectivity index (χ3n) is 2.11. The SMILES string of the molecule is O=S(Cl)Cl.[2H]C([2H])(Cl)c1cnc(CC(C)=O)s1.[2H]C([2H])(O)c1cnc(CC(C)=O)s1. The highest BCUT2D eigenvalue weighted by atomic mass is 36.0. The molecule has 26 heavy (non-hydrogen) atoms. The van der Waals surface area contributed by atoms with Crippen LogP contribution in [-0.4, -0.2) is 30.8 Å². The van der Waals surface area contributed by atoms with Crippen LogP contribution in [0.4, 0.5) is 0 Å². The lowest BCUT2D eigenvalue weighted by atomic mass is 10.3. The maximum Gasteiger partial charge on any atom is 0.211 e. The van der Waals surface area contributed by atoms with Crippen LogP contribution in [0.1, 0.15) is 39.1 Å². The lowest BCUT2D eigenvalue weighted by Crippen LogP contribution is -1.94. The van der Waals surface area contributed by atoms with Crippen molar-refractivity contribution in [3.05, 3.63) is 32.2 Å². The van der Waals surface area contributed by atoms with Crippen LogP contribution in [-0.2, 0) is 44.0 Å². The third-order valence-corrected chi connectivity index (χ3v) is 4.24. The van der Waals surface area contributed by atoms with Crippen molar-refractivity contribution in [1.82, 2.24) is 9.97 Å². The van der Waals surface area contributed by atoms with Gasteiger partial charge in [0.05, 0.1) is 32.9 Å². The predicted molar refractivity (Wildman–Crippen MR) is 108 cm³/mol. The van der Waals surface area contributed by atoms with Gasteiger partial charge in [0, 0.05) is 41.4 Å². The molecule has 0 aromatic carbocycles. The van der Waals surface area contributed by atoms with E-state index in [1.54, 1.807) is 0 Å². The highest BCUT2D eigenvalue weighted by Gasteiger charge is 2.03. The van der Waals surface area contributed by atoms with E-state index in [-0.39, 0.29) is 29.3 Å². The highest BCUT2D eigenvalue weighted by molar-refractivity contribution is 8.26. The number of aliphatic hydroxyl groups is 1. The molecular formula is C14H17Cl3N2O4S3. The van der Waals surface area contributed by atoms with E-state index in [0.717, 1.165) is 22.7 Å². The number of rotatable bonds is 6. The average molecular weight is 484 g/mol. The maximum absolute atomic E-state index is 10.7. The number of hydrogen-bond acceptors (Lipinski definition) is 8. The number of aromatic nitrogens is 2. The maximum atomic E-state index is 10.7. The Morgan fingerprint density at radius 1 is 1.12 bits per heavy atom. The molecule has 0 fully saturated rings. The van der Waals surface area contributed by atoms with Crippen molar-refractivity contribution in [3.8, 4) is 0 Å². The van der Waals surface area contributed by atoms with Gasteiger partial charge in [-0.3, -0.25) is 9.59 Å². The zero-order chi connectivity index (χ0) is 23.7. The molecule has 0 atom stereocenters. The Balaban J connectivity index is 0.000000477. The summed E-state index contributed by atoms with van der Waals surface area (Å²) >= 11 is 7.57. The second kappa shape index (κ2) is 14.6. The lowest BCUT2D eigenvalue weighted by molar-refractivity contribution is -0.117. The molecule has 6 nitrogen and oxygen atoms in total. The molecule has 0 amide bonds. The number of carbonyl (C=O) groups is 2. The fourth-order valence-electron chi connectivity index (χ4n) is 1.31. The van der Waals surface area contributed by atoms with Crippen molar-refractivity contribution in [3.63, 3.8) is 0 Å². The van der Waals surface area contributed by atoms with Crippen LogP contribution in [0, 0.1) is 0 Å². The molecule has 0 saturated heterocycles. The molecule has 2 aromatic rings. The molecule has 12 heteroatoms. The summed E-state index contributed by atoms with van der Waals surface area (Å²) < 4.78 is 37.4. The second-order valence-corrected chi connectivity index (χ2v) is 9.33. The summed E-state index contributed by atoms with van der Waals surface area (Å²) in [6.45, 7) is 0.553. The largest absolute Gasteiger partial charge is 0.391 e. The molecule has 0 aliphatic carbocycles. The summed E-state index contributed by atoms with van der Waals surface area (Å²) in [5.74, 6) is -1.90. The zero-order valence-electron chi connectivity index (χ0n) is 17.5. The minimum atomic E-state index is -2.35. The van der Waals surface area contributed by atoms with Gasteiger partial charge >= 0.3 is 0 Å². The minimum absolute atomic E-state index is 0.0102. The van der Waals surface area contributed by atoms with Gasteiger partial charge in [0.15, 0.2) is 0 Å². The van der Waals surface area contributed by atoms with E-state index < -0.39 is 21.6 Å². The standard InChI is InChI=1S/C7H8ClNOS.C7H9NO2S.Cl2OS/c1-5(10)2-7-9-4-6(3-8)11-7;1-5(10)2-7-8-3-6(4-9)11-7;1-4(2)3/h4H,2-3H2,1H3;3,9H,2,4H2,1H3;/i3D2;4D2;. The Labute approximate surface area is 181 Å². The third kappa shape index (κ3) is 13.7. The van der Waals surface area contributed by atoms with Crippen LogP contribution in [0.15, 0.2) is 12.4 Å². The first-order chi connectivity index (χ1) is 13.5. The molecule has 0 radical (unpaired) electrons. The number of nitrogens with zero attached hydrogens (tertiary/aromatic N) is 2. The number of Topliss-reactive ketones (excluding diaryl/α,β-unsaturated/α-hetero) is 2. The van der Waals surface area contributed by atoms with Crippen LogP contribution < -0.4 is 0 Å². The fourth-order valence-corrected chi connectivity index (χ4v) is 3.03. The Hall–Kier alpha value is -0.420. The molecule has 0 unspecified atom stereocenters. The lowest BCUT2D eigenvalue weighted by Gasteiger charge is -1.86. The van der Waals surface area contributed by atoms with Crippen molar-refractivity contribution in [2.45, 2.75) is 39.1 Å². The van der Waals surface area contributed by atoms with Gasteiger partial charge in [-0.15, -0.1) is 34.3 Å². The van der Waals surface area contributed by atoms with E-state index in [1.807, 2.05) is 0 Å². The molecule has 146 valence electrons. The summed E-state index contributed by atoms with van der Waals surface area (Å²) in [7, 11) is 7.36. The van der Waals surface area contributed by atoms with E-state index in [0.29, 0.717) is 14.9 Å². The summed E-state index contributed by atoms with van der Waals surface area (Å²) in [6.07, 6.45) is 3.07.